The molecule has 2 heteroatoms. The van der Waals surface area contributed by atoms with Crippen molar-refractivity contribution in [3.05, 3.63) is 60.7 Å². The van der Waals surface area contributed by atoms with E-state index in [1.165, 1.54) is 0 Å². The standard InChI is InChI=1S/C14H14OS/c1-3-9-14(10-4-2)12-8-6-5-7-11(12)13(16)15-14/h3-8H,1-2,9-10H2. The Morgan fingerprint density at radius 2 is 1.81 bits per heavy atom. The molecule has 1 aromatic rings. The largest absolute Gasteiger partial charge is 0.471 e. The van der Waals surface area contributed by atoms with Crippen LogP contribution in [0.1, 0.15) is 24.0 Å². The van der Waals surface area contributed by atoms with Crippen LogP contribution >= 0.6 is 12.2 Å². The smallest absolute Gasteiger partial charge is 0.192 e. The van der Waals surface area contributed by atoms with E-state index < -0.39 is 0 Å². The molecule has 1 aliphatic heterocycles. The normalized spacial score (nSPS) is 16.4. The van der Waals surface area contributed by atoms with Crippen LogP contribution in [0.3, 0.4) is 0 Å². The maximum Gasteiger partial charge on any atom is 0.192 e. The number of fused-ring (bicyclic) bond motifs is 1. The lowest BCUT2D eigenvalue weighted by molar-refractivity contribution is 0.0779. The molecule has 1 aromatic carbocycles. The summed E-state index contributed by atoms with van der Waals surface area (Å²) in [6.07, 6.45) is 5.23. The molecule has 0 atom stereocenters. The highest BCUT2D eigenvalue weighted by atomic mass is 32.1. The van der Waals surface area contributed by atoms with Gasteiger partial charge in [0.25, 0.3) is 0 Å². The SMILES string of the molecule is C=CCC1(CC=C)OC(=S)c2ccccc21. The summed E-state index contributed by atoms with van der Waals surface area (Å²) in [5, 5.41) is 0.583. The average molecular weight is 230 g/mol. The van der Waals surface area contributed by atoms with Crippen LogP contribution in [0.5, 0.6) is 0 Å². The number of rotatable bonds is 4. The highest BCUT2D eigenvalue weighted by Crippen LogP contribution is 2.42. The van der Waals surface area contributed by atoms with Gasteiger partial charge in [-0.15, -0.1) is 13.2 Å². The Hall–Kier alpha value is -1.41. The van der Waals surface area contributed by atoms with Crippen LogP contribution < -0.4 is 0 Å². The van der Waals surface area contributed by atoms with Crippen LogP contribution in [0.25, 0.3) is 0 Å². The lowest BCUT2D eigenvalue weighted by atomic mass is 9.86. The summed E-state index contributed by atoms with van der Waals surface area (Å²) in [4.78, 5) is 0. The molecule has 2 rings (SSSR count). The Bertz CT molecular complexity index is 438. The Balaban J connectivity index is 2.53. The predicted molar refractivity (Wildman–Crippen MR) is 70.5 cm³/mol. The van der Waals surface area contributed by atoms with E-state index in [2.05, 4.69) is 19.2 Å². The number of hydrogen-bond acceptors (Lipinski definition) is 2. The van der Waals surface area contributed by atoms with Crippen LogP contribution in [0.4, 0.5) is 0 Å². The van der Waals surface area contributed by atoms with Gasteiger partial charge in [0, 0.05) is 24.0 Å². The minimum Gasteiger partial charge on any atom is -0.471 e. The predicted octanol–water partition coefficient (Wildman–Crippen LogP) is 3.74. The molecule has 0 fully saturated rings. The van der Waals surface area contributed by atoms with Gasteiger partial charge in [-0.1, -0.05) is 30.4 Å². The fourth-order valence-electron chi connectivity index (χ4n) is 2.20. The first-order chi connectivity index (χ1) is 7.73. The van der Waals surface area contributed by atoms with Gasteiger partial charge >= 0.3 is 0 Å². The molecule has 0 bridgehead atoms. The van der Waals surface area contributed by atoms with Gasteiger partial charge < -0.3 is 4.74 Å². The maximum atomic E-state index is 5.89. The highest BCUT2D eigenvalue weighted by molar-refractivity contribution is 7.80. The van der Waals surface area contributed by atoms with Crippen LogP contribution in [0, 0.1) is 0 Å². The molecule has 0 saturated heterocycles. The third kappa shape index (κ3) is 1.59. The molecule has 1 heterocycles. The molecule has 0 aromatic heterocycles. The number of hydrogen-bond donors (Lipinski definition) is 0. The van der Waals surface area contributed by atoms with E-state index in [0.29, 0.717) is 5.05 Å². The van der Waals surface area contributed by atoms with Crippen molar-refractivity contribution in [3.8, 4) is 0 Å². The molecule has 82 valence electrons. The van der Waals surface area contributed by atoms with Gasteiger partial charge in [0.1, 0.15) is 5.60 Å². The van der Waals surface area contributed by atoms with Crippen molar-refractivity contribution in [1.29, 1.82) is 0 Å². The fraction of sp³-hybridized carbons (Fsp3) is 0.214. The molecule has 0 unspecified atom stereocenters. The van der Waals surface area contributed by atoms with E-state index in [-0.39, 0.29) is 5.60 Å². The lowest BCUT2D eigenvalue weighted by Gasteiger charge is -2.27. The third-order valence-electron chi connectivity index (χ3n) is 2.87. The van der Waals surface area contributed by atoms with Gasteiger partial charge in [-0.2, -0.15) is 0 Å². The first-order valence-electron chi connectivity index (χ1n) is 5.28. The summed E-state index contributed by atoms with van der Waals surface area (Å²) in [6, 6.07) is 8.07. The first-order valence-corrected chi connectivity index (χ1v) is 5.69. The zero-order valence-electron chi connectivity index (χ0n) is 9.11. The number of benzene rings is 1. The third-order valence-corrected chi connectivity index (χ3v) is 3.18. The fourth-order valence-corrected chi connectivity index (χ4v) is 2.54. The van der Waals surface area contributed by atoms with Gasteiger partial charge in [0.2, 0.25) is 0 Å². The van der Waals surface area contributed by atoms with Gasteiger partial charge in [-0.05, 0) is 18.3 Å². The number of ether oxygens (including phenoxy) is 1. The molecule has 1 aliphatic rings. The van der Waals surface area contributed by atoms with E-state index in [1.807, 2.05) is 30.4 Å². The molecule has 16 heavy (non-hydrogen) atoms. The van der Waals surface area contributed by atoms with Crippen molar-refractivity contribution in [1.82, 2.24) is 0 Å². The quantitative estimate of drug-likeness (QED) is 0.575. The van der Waals surface area contributed by atoms with Crippen molar-refractivity contribution in [2.45, 2.75) is 18.4 Å². The van der Waals surface area contributed by atoms with Gasteiger partial charge in [-0.3, -0.25) is 0 Å². The molecule has 0 N–H and O–H groups in total. The first kappa shape index (κ1) is 11.1. The summed E-state index contributed by atoms with van der Waals surface area (Å²) in [7, 11) is 0. The zero-order chi connectivity index (χ0) is 11.6. The topological polar surface area (TPSA) is 9.23 Å². The summed E-state index contributed by atoms with van der Waals surface area (Å²) in [5.74, 6) is 0. The summed E-state index contributed by atoms with van der Waals surface area (Å²) >= 11 is 5.26. The second kappa shape index (κ2) is 4.22. The molecular formula is C14H14OS. The van der Waals surface area contributed by atoms with E-state index in [0.717, 1.165) is 24.0 Å². The Morgan fingerprint density at radius 3 is 2.44 bits per heavy atom. The van der Waals surface area contributed by atoms with Crippen molar-refractivity contribution >= 4 is 17.3 Å². The maximum absolute atomic E-state index is 5.89. The molecular weight excluding hydrogens is 216 g/mol. The number of thiocarbonyl (C=S) groups is 1. The van der Waals surface area contributed by atoms with E-state index >= 15 is 0 Å². The highest BCUT2D eigenvalue weighted by Gasteiger charge is 2.41. The van der Waals surface area contributed by atoms with Gasteiger partial charge in [0.15, 0.2) is 5.05 Å². The molecule has 0 amide bonds. The Kier molecular flexibility index (Phi) is 2.92. The summed E-state index contributed by atoms with van der Waals surface area (Å²) in [6.45, 7) is 7.58. The molecule has 0 radical (unpaired) electrons. The average Bonchev–Trinajstić information content (AvgIpc) is 2.55. The second-order valence-electron chi connectivity index (χ2n) is 3.91. The molecule has 1 nitrogen and oxygen atoms in total. The minimum atomic E-state index is -0.378. The Labute approximate surface area is 101 Å². The van der Waals surface area contributed by atoms with E-state index in [1.54, 1.807) is 0 Å². The summed E-state index contributed by atoms with van der Waals surface area (Å²) in [5.41, 5.74) is 1.80. The van der Waals surface area contributed by atoms with Crippen LogP contribution in [-0.2, 0) is 10.3 Å². The zero-order valence-corrected chi connectivity index (χ0v) is 9.93. The lowest BCUT2D eigenvalue weighted by Crippen LogP contribution is -2.24. The van der Waals surface area contributed by atoms with Crippen molar-refractivity contribution in [2.75, 3.05) is 0 Å². The monoisotopic (exact) mass is 230 g/mol. The van der Waals surface area contributed by atoms with Crippen molar-refractivity contribution in [3.63, 3.8) is 0 Å². The summed E-state index contributed by atoms with van der Waals surface area (Å²) < 4.78 is 5.89. The van der Waals surface area contributed by atoms with Crippen molar-refractivity contribution < 1.29 is 4.74 Å². The van der Waals surface area contributed by atoms with Crippen LogP contribution in [0.15, 0.2) is 49.6 Å². The van der Waals surface area contributed by atoms with Gasteiger partial charge in [0.05, 0.1) is 0 Å². The van der Waals surface area contributed by atoms with Gasteiger partial charge in [-0.25, -0.2) is 0 Å². The molecule has 0 aliphatic carbocycles. The van der Waals surface area contributed by atoms with Crippen molar-refractivity contribution in [2.24, 2.45) is 0 Å². The minimum absolute atomic E-state index is 0.378. The van der Waals surface area contributed by atoms with E-state index in [9.17, 15) is 0 Å². The Morgan fingerprint density at radius 1 is 1.19 bits per heavy atom. The van der Waals surface area contributed by atoms with Crippen LogP contribution in [-0.4, -0.2) is 5.05 Å². The molecule has 0 saturated carbocycles. The van der Waals surface area contributed by atoms with E-state index in [4.69, 9.17) is 17.0 Å². The van der Waals surface area contributed by atoms with Crippen LogP contribution in [0.2, 0.25) is 0 Å². The molecule has 0 spiro atoms. The second-order valence-corrected chi connectivity index (χ2v) is 4.29.